The third-order valence-corrected chi connectivity index (χ3v) is 6.11. The molecule has 2 aliphatic heterocycles. The fraction of sp³-hybridized carbons (Fsp3) is 0.273. The number of hydrogen-bond donors (Lipinski definition) is 1. The summed E-state index contributed by atoms with van der Waals surface area (Å²) >= 11 is 0. The molecule has 5 rings (SSSR count). The molecule has 3 heterocycles. The second-order valence-electron chi connectivity index (χ2n) is 8.06. The number of fused-ring (bicyclic) bond motifs is 1. The van der Waals surface area contributed by atoms with Crippen LogP contribution in [-0.2, 0) is 25.2 Å². The van der Waals surface area contributed by atoms with Crippen molar-refractivity contribution in [2.24, 2.45) is 7.05 Å². The lowest BCUT2D eigenvalue weighted by Crippen LogP contribution is -2.58. The van der Waals surface area contributed by atoms with Gasteiger partial charge in [0.15, 0.2) is 0 Å². The minimum atomic E-state index is -4.55. The van der Waals surface area contributed by atoms with Crippen LogP contribution in [0.1, 0.15) is 38.4 Å². The van der Waals surface area contributed by atoms with Gasteiger partial charge in [-0.2, -0.15) is 13.2 Å². The number of alkyl halides is 3. The molecule has 1 saturated heterocycles. The van der Waals surface area contributed by atoms with E-state index in [4.69, 9.17) is 0 Å². The van der Waals surface area contributed by atoms with Crippen molar-refractivity contribution in [1.82, 2.24) is 20.1 Å². The van der Waals surface area contributed by atoms with Gasteiger partial charge in [0.25, 0.3) is 5.91 Å². The number of rotatable bonds is 3. The number of aromatic nitrogens is 3. The number of amides is 1. The summed E-state index contributed by atoms with van der Waals surface area (Å²) in [5, 5.41) is 11.5. The van der Waals surface area contributed by atoms with E-state index in [1.165, 1.54) is 11.0 Å². The lowest BCUT2D eigenvalue weighted by Gasteiger charge is -2.42. The van der Waals surface area contributed by atoms with Crippen LogP contribution in [0.2, 0.25) is 0 Å². The Bertz CT molecular complexity index is 1200. The fourth-order valence-corrected chi connectivity index (χ4v) is 4.48. The standard InChI is InChI=1S/C22H19F3N5O/c1-13-6-16-17(18(7-13)22(23,24)25)9-30(19(16)31)15-5-3-4-14(8-15)21(10-26-11-21)20-28-27-12-29(20)2/h3-8,12,26H,1,9-11H2,2H3. The van der Waals surface area contributed by atoms with Gasteiger partial charge in [-0.3, -0.25) is 4.79 Å². The Hall–Kier alpha value is -3.20. The molecule has 1 fully saturated rings. The zero-order chi connectivity index (χ0) is 22.0. The van der Waals surface area contributed by atoms with Gasteiger partial charge in [0, 0.05) is 31.4 Å². The van der Waals surface area contributed by atoms with Gasteiger partial charge >= 0.3 is 6.18 Å². The molecule has 0 spiro atoms. The van der Waals surface area contributed by atoms with Crippen molar-refractivity contribution in [3.63, 3.8) is 0 Å². The third-order valence-electron chi connectivity index (χ3n) is 6.11. The second-order valence-corrected chi connectivity index (χ2v) is 8.06. The molecule has 1 aromatic heterocycles. The SMILES string of the molecule is [CH2]c1cc2c(c(C(F)(F)F)c1)CN(c1cccc(C3(c4nncn4C)CNC3)c1)C2=O. The smallest absolute Gasteiger partial charge is 0.320 e. The highest BCUT2D eigenvalue weighted by molar-refractivity contribution is 6.10. The Balaban J connectivity index is 1.56. The summed E-state index contributed by atoms with van der Waals surface area (Å²) in [7, 11) is 1.87. The summed E-state index contributed by atoms with van der Waals surface area (Å²) in [5.74, 6) is 0.336. The van der Waals surface area contributed by atoms with Gasteiger partial charge in [0.2, 0.25) is 0 Å². The molecule has 2 aromatic carbocycles. The monoisotopic (exact) mass is 426 g/mol. The molecular weight excluding hydrogens is 407 g/mol. The summed E-state index contributed by atoms with van der Waals surface area (Å²) in [4.78, 5) is 14.4. The molecule has 31 heavy (non-hydrogen) atoms. The second kappa shape index (κ2) is 6.65. The van der Waals surface area contributed by atoms with Gasteiger partial charge in [-0.1, -0.05) is 12.1 Å². The third kappa shape index (κ3) is 2.95. The highest BCUT2D eigenvalue weighted by Gasteiger charge is 2.45. The first-order valence-electron chi connectivity index (χ1n) is 9.74. The van der Waals surface area contributed by atoms with Gasteiger partial charge in [0.1, 0.15) is 12.2 Å². The first kappa shape index (κ1) is 19.7. The van der Waals surface area contributed by atoms with Crippen molar-refractivity contribution in [1.29, 1.82) is 0 Å². The molecule has 0 bridgehead atoms. The summed E-state index contributed by atoms with van der Waals surface area (Å²) in [6.07, 6.45) is -2.92. The average Bonchev–Trinajstić information content (AvgIpc) is 3.24. The van der Waals surface area contributed by atoms with E-state index in [-0.39, 0.29) is 23.2 Å². The Morgan fingerprint density at radius 2 is 1.97 bits per heavy atom. The maximum atomic E-state index is 13.6. The van der Waals surface area contributed by atoms with E-state index in [1.54, 1.807) is 12.4 Å². The maximum Gasteiger partial charge on any atom is 0.416 e. The molecule has 1 N–H and O–H groups in total. The van der Waals surface area contributed by atoms with Crippen LogP contribution in [0.15, 0.2) is 42.7 Å². The van der Waals surface area contributed by atoms with Crippen molar-refractivity contribution in [3.8, 4) is 0 Å². The summed E-state index contributed by atoms with van der Waals surface area (Å²) in [6, 6.07) is 9.78. The molecule has 1 radical (unpaired) electrons. The Labute approximate surface area is 176 Å². The summed E-state index contributed by atoms with van der Waals surface area (Å²) in [5.41, 5.74) is 0.470. The highest BCUT2D eigenvalue weighted by atomic mass is 19.4. The molecule has 0 aliphatic carbocycles. The Morgan fingerprint density at radius 1 is 1.19 bits per heavy atom. The molecule has 0 unspecified atom stereocenters. The first-order chi connectivity index (χ1) is 14.7. The molecule has 6 nitrogen and oxygen atoms in total. The number of nitrogens with one attached hydrogen (secondary N) is 1. The molecular formula is C22H19F3N5O. The minimum Gasteiger partial charge on any atom is -0.320 e. The highest BCUT2D eigenvalue weighted by Crippen LogP contribution is 2.41. The molecule has 159 valence electrons. The largest absolute Gasteiger partial charge is 0.416 e. The predicted octanol–water partition coefficient (Wildman–Crippen LogP) is 3.07. The number of aryl methyl sites for hydroxylation is 1. The topological polar surface area (TPSA) is 63.1 Å². The van der Waals surface area contributed by atoms with Crippen LogP contribution in [0, 0.1) is 6.92 Å². The zero-order valence-corrected chi connectivity index (χ0v) is 16.7. The Kier molecular flexibility index (Phi) is 4.23. The fourth-order valence-electron chi connectivity index (χ4n) is 4.48. The van der Waals surface area contributed by atoms with Crippen molar-refractivity contribution >= 4 is 11.6 Å². The van der Waals surface area contributed by atoms with Gasteiger partial charge < -0.3 is 14.8 Å². The van der Waals surface area contributed by atoms with E-state index in [0.29, 0.717) is 18.8 Å². The quantitative estimate of drug-likeness (QED) is 0.699. The molecule has 9 heteroatoms. The van der Waals surface area contributed by atoms with Crippen molar-refractivity contribution in [2.75, 3.05) is 18.0 Å². The van der Waals surface area contributed by atoms with E-state index in [1.807, 2.05) is 29.8 Å². The molecule has 1 amide bonds. The number of hydrogen-bond acceptors (Lipinski definition) is 4. The van der Waals surface area contributed by atoms with E-state index in [9.17, 15) is 18.0 Å². The molecule has 0 atom stereocenters. The molecule has 2 aliphatic rings. The van der Waals surface area contributed by atoms with Crippen LogP contribution < -0.4 is 10.2 Å². The number of anilines is 1. The number of carbonyl (C=O) groups is 1. The van der Waals surface area contributed by atoms with Crippen LogP contribution in [0.3, 0.4) is 0 Å². The van der Waals surface area contributed by atoms with Gasteiger partial charge in [-0.25, -0.2) is 0 Å². The predicted molar refractivity (Wildman–Crippen MR) is 108 cm³/mol. The van der Waals surface area contributed by atoms with Crippen LogP contribution in [0.4, 0.5) is 18.9 Å². The number of nitrogens with zero attached hydrogens (tertiary/aromatic N) is 4. The van der Waals surface area contributed by atoms with Crippen LogP contribution >= 0.6 is 0 Å². The minimum absolute atomic E-state index is 0.0105. The van der Waals surface area contributed by atoms with Crippen LogP contribution in [0.25, 0.3) is 0 Å². The van der Waals surface area contributed by atoms with Crippen molar-refractivity contribution in [2.45, 2.75) is 18.1 Å². The van der Waals surface area contributed by atoms with Crippen LogP contribution in [0.5, 0.6) is 0 Å². The van der Waals surface area contributed by atoms with Gasteiger partial charge in [0.05, 0.1) is 17.5 Å². The van der Waals surface area contributed by atoms with Gasteiger partial charge in [-0.05, 0) is 47.9 Å². The summed E-state index contributed by atoms with van der Waals surface area (Å²) < 4.78 is 42.6. The van der Waals surface area contributed by atoms with Gasteiger partial charge in [-0.15, -0.1) is 10.2 Å². The zero-order valence-electron chi connectivity index (χ0n) is 16.7. The van der Waals surface area contributed by atoms with Crippen molar-refractivity contribution in [3.05, 3.63) is 83.3 Å². The number of halogens is 3. The molecule has 0 saturated carbocycles. The number of benzene rings is 2. The van der Waals surface area contributed by atoms with E-state index < -0.39 is 23.1 Å². The van der Waals surface area contributed by atoms with Crippen molar-refractivity contribution < 1.29 is 18.0 Å². The summed E-state index contributed by atoms with van der Waals surface area (Å²) in [6.45, 7) is 4.78. The lowest BCUT2D eigenvalue weighted by atomic mass is 9.74. The van der Waals surface area contributed by atoms with Crippen LogP contribution in [-0.4, -0.2) is 33.8 Å². The molecule has 3 aromatic rings. The average molecular weight is 426 g/mol. The Morgan fingerprint density at radius 3 is 2.58 bits per heavy atom. The lowest BCUT2D eigenvalue weighted by molar-refractivity contribution is -0.138. The maximum absolute atomic E-state index is 13.6. The normalized spacial score (nSPS) is 17.6. The van der Waals surface area contributed by atoms with E-state index in [0.717, 1.165) is 17.5 Å². The van der Waals surface area contributed by atoms with E-state index >= 15 is 0 Å². The first-order valence-corrected chi connectivity index (χ1v) is 9.74. The number of carbonyl (C=O) groups excluding carboxylic acids is 1. The van der Waals surface area contributed by atoms with E-state index in [2.05, 4.69) is 22.4 Å².